The molecule has 21 heavy (non-hydrogen) atoms. The highest BCUT2D eigenvalue weighted by atomic mass is 16.5. The molecule has 2 amide bonds. The van der Waals surface area contributed by atoms with Crippen molar-refractivity contribution >= 4 is 6.03 Å². The Kier molecular flexibility index (Phi) is 5.15. The molecule has 0 aliphatic heterocycles. The maximum absolute atomic E-state index is 12.2. The zero-order valence-corrected chi connectivity index (χ0v) is 13.7. The lowest BCUT2D eigenvalue weighted by atomic mass is 9.85. The second-order valence-corrected chi connectivity index (χ2v) is 7.39. The van der Waals surface area contributed by atoms with Crippen LogP contribution < -0.4 is 10.6 Å². The Morgan fingerprint density at radius 2 is 2.05 bits per heavy atom. The molecule has 2 bridgehead atoms. The molecule has 3 N–H and O–H groups in total. The van der Waals surface area contributed by atoms with E-state index in [0.29, 0.717) is 11.8 Å². The Hall–Kier alpha value is -0.810. The third kappa shape index (κ3) is 3.89. The van der Waals surface area contributed by atoms with E-state index in [1.54, 1.807) is 7.11 Å². The van der Waals surface area contributed by atoms with Gasteiger partial charge < -0.3 is 20.5 Å². The highest BCUT2D eigenvalue weighted by Crippen LogP contribution is 2.48. The van der Waals surface area contributed by atoms with Crippen molar-refractivity contribution in [2.24, 2.45) is 17.8 Å². The van der Waals surface area contributed by atoms with Crippen LogP contribution in [0, 0.1) is 17.8 Å². The summed E-state index contributed by atoms with van der Waals surface area (Å²) in [4.78, 5) is 12.2. The molecular weight excluding hydrogens is 268 g/mol. The van der Waals surface area contributed by atoms with Crippen molar-refractivity contribution in [3.63, 3.8) is 0 Å². The fourth-order valence-corrected chi connectivity index (χ4v) is 4.19. The SMILES string of the molecule is COC(C)(C)CC(C)NC(=O)NC1C2CCC(C2)C1CO. The largest absolute Gasteiger partial charge is 0.396 e. The average Bonchev–Trinajstić information content (AvgIpc) is 2.98. The van der Waals surface area contributed by atoms with E-state index in [-0.39, 0.29) is 36.2 Å². The van der Waals surface area contributed by atoms with E-state index in [1.807, 2.05) is 20.8 Å². The van der Waals surface area contributed by atoms with E-state index >= 15 is 0 Å². The first-order chi connectivity index (χ1) is 9.86. The Morgan fingerprint density at radius 3 is 2.67 bits per heavy atom. The number of hydrogen-bond acceptors (Lipinski definition) is 3. The summed E-state index contributed by atoms with van der Waals surface area (Å²) in [5.41, 5.74) is -0.243. The molecule has 0 radical (unpaired) electrons. The Labute approximate surface area is 127 Å². The van der Waals surface area contributed by atoms with E-state index < -0.39 is 0 Å². The predicted octanol–water partition coefficient (Wildman–Crippen LogP) is 1.90. The van der Waals surface area contributed by atoms with Gasteiger partial charge in [0, 0.05) is 31.7 Å². The van der Waals surface area contributed by atoms with E-state index in [9.17, 15) is 9.90 Å². The lowest BCUT2D eigenvalue weighted by Gasteiger charge is -2.32. The summed E-state index contributed by atoms with van der Waals surface area (Å²) in [6.45, 7) is 6.20. The van der Waals surface area contributed by atoms with Crippen LogP contribution in [0.15, 0.2) is 0 Å². The average molecular weight is 298 g/mol. The third-order valence-corrected chi connectivity index (χ3v) is 5.32. The van der Waals surface area contributed by atoms with Crippen LogP contribution in [-0.4, -0.2) is 42.5 Å². The first-order valence-corrected chi connectivity index (χ1v) is 8.09. The van der Waals surface area contributed by atoms with Crippen molar-refractivity contribution in [3.8, 4) is 0 Å². The van der Waals surface area contributed by atoms with Gasteiger partial charge in [0.15, 0.2) is 0 Å². The van der Waals surface area contributed by atoms with Gasteiger partial charge in [0.2, 0.25) is 0 Å². The second kappa shape index (κ2) is 6.53. The van der Waals surface area contributed by atoms with Crippen LogP contribution in [0.2, 0.25) is 0 Å². The summed E-state index contributed by atoms with van der Waals surface area (Å²) in [5.74, 6) is 1.37. The first-order valence-electron chi connectivity index (χ1n) is 8.09. The van der Waals surface area contributed by atoms with Crippen molar-refractivity contribution in [3.05, 3.63) is 0 Å². The maximum atomic E-state index is 12.2. The monoisotopic (exact) mass is 298 g/mol. The highest BCUT2D eigenvalue weighted by molar-refractivity contribution is 5.74. The molecule has 0 saturated heterocycles. The molecule has 122 valence electrons. The highest BCUT2D eigenvalue weighted by Gasteiger charge is 2.47. The number of methoxy groups -OCH3 is 1. The van der Waals surface area contributed by atoms with E-state index in [4.69, 9.17) is 4.74 Å². The maximum Gasteiger partial charge on any atom is 0.315 e. The Morgan fingerprint density at radius 1 is 1.38 bits per heavy atom. The van der Waals surface area contributed by atoms with Crippen molar-refractivity contribution < 1.29 is 14.6 Å². The quantitative estimate of drug-likeness (QED) is 0.701. The molecule has 0 aromatic rings. The molecule has 5 atom stereocenters. The second-order valence-electron chi connectivity index (χ2n) is 7.39. The molecule has 5 unspecified atom stereocenters. The molecule has 2 saturated carbocycles. The van der Waals surface area contributed by atoms with Gasteiger partial charge in [0.25, 0.3) is 0 Å². The molecule has 0 aromatic carbocycles. The van der Waals surface area contributed by atoms with Crippen LogP contribution in [0.4, 0.5) is 4.79 Å². The molecule has 0 aromatic heterocycles. The van der Waals surface area contributed by atoms with Gasteiger partial charge in [-0.1, -0.05) is 0 Å². The number of rotatable bonds is 6. The summed E-state index contributed by atoms with van der Waals surface area (Å²) >= 11 is 0. The fraction of sp³-hybridized carbons (Fsp3) is 0.938. The third-order valence-electron chi connectivity index (χ3n) is 5.32. The molecule has 2 rings (SSSR count). The minimum atomic E-state index is -0.243. The van der Waals surface area contributed by atoms with E-state index in [1.165, 1.54) is 12.8 Å². The van der Waals surface area contributed by atoms with Crippen LogP contribution in [0.3, 0.4) is 0 Å². The van der Waals surface area contributed by atoms with Crippen molar-refractivity contribution in [1.29, 1.82) is 0 Å². The van der Waals surface area contributed by atoms with Crippen LogP contribution in [-0.2, 0) is 4.74 Å². The van der Waals surface area contributed by atoms with Crippen LogP contribution in [0.1, 0.15) is 46.5 Å². The number of hydrogen-bond donors (Lipinski definition) is 3. The minimum Gasteiger partial charge on any atom is -0.396 e. The van der Waals surface area contributed by atoms with Gasteiger partial charge in [-0.25, -0.2) is 4.79 Å². The zero-order valence-electron chi connectivity index (χ0n) is 13.7. The topological polar surface area (TPSA) is 70.6 Å². The number of urea groups is 1. The smallest absolute Gasteiger partial charge is 0.315 e. The van der Waals surface area contributed by atoms with Gasteiger partial charge in [-0.15, -0.1) is 0 Å². The number of carbonyl (C=O) groups is 1. The molecule has 5 heteroatoms. The molecule has 0 spiro atoms. The molecule has 2 aliphatic carbocycles. The lowest BCUT2D eigenvalue weighted by Crippen LogP contribution is -2.51. The van der Waals surface area contributed by atoms with Gasteiger partial charge in [-0.2, -0.15) is 0 Å². The molecule has 2 aliphatic rings. The lowest BCUT2D eigenvalue weighted by molar-refractivity contribution is 0.00943. The van der Waals surface area contributed by atoms with Gasteiger partial charge in [0.1, 0.15) is 0 Å². The number of carbonyl (C=O) groups excluding carboxylic acids is 1. The van der Waals surface area contributed by atoms with Gasteiger partial charge in [-0.05, 0) is 58.3 Å². The number of aliphatic hydroxyl groups is 1. The summed E-state index contributed by atoms with van der Waals surface area (Å²) < 4.78 is 5.39. The van der Waals surface area contributed by atoms with Crippen molar-refractivity contribution in [1.82, 2.24) is 10.6 Å². The molecule has 2 fully saturated rings. The predicted molar refractivity (Wildman–Crippen MR) is 82.0 cm³/mol. The van der Waals surface area contributed by atoms with Crippen LogP contribution in [0.25, 0.3) is 0 Å². The zero-order chi connectivity index (χ0) is 15.6. The summed E-state index contributed by atoms with van der Waals surface area (Å²) in [5, 5.41) is 15.6. The fourth-order valence-electron chi connectivity index (χ4n) is 4.19. The number of amides is 2. The Bertz CT molecular complexity index is 373. The number of ether oxygens (including phenoxy) is 1. The van der Waals surface area contributed by atoms with Crippen molar-refractivity contribution in [2.45, 2.75) is 64.1 Å². The van der Waals surface area contributed by atoms with Gasteiger partial charge >= 0.3 is 6.03 Å². The minimum absolute atomic E-state index is 0.0473. The molecular formula is C16H30N2O3. The molecule has 5 nitrogen and oxygen atoms in total. The number of nitrogens with one attached hydrogen (secondary N) is 2. The van der Waals surface area contributed by atoms with E-state index in [2.05, 4.69) is 10.6 Å². The Balaban J connectivity index is 1.82. The normalized spacial score (nSPS) is 33.0. The summed E-state index contributed by atoms with van der Waals surface area (Å²) in [6.07, 6.45) is 4.30. The molecule has 0 heterocycles. The van der Waals surface area contributed by atoms with Crippen LogP contribution in [0.5, 0.6) is 0 Å². The van der Waals surface area contributed by atoms with Crippen LogP contribution >= 0.6 is 0 Å². The van der Waals surface area contributed by atoms with E-state index in [0.717, 1.165) is 12.8 Å². The number of aliphatic hydroxyl groups excluding tert-OH is 1. The standard InChI is InChI=1S/C16H30N2O3/c1-10(8-16(2,3)21-4)17-15(20)18-14-12-6-5-11(7-12)13(14)9-19/h10-14,19H,5-9H2,1-4H3,(H2,17,18,20). The first kappa shape index (κ1) is 16.6. The summed E-state index contributed by atoms with van der Waals surface area (Å²) in [7, 11) is 1.69. The van der Waals surface area contributed by atoms with Gasteiger partial charge in [-0.3, -0.25) is 0 Å². The summed E-state index contributed by atoms with van der Waals surface area (Å²) in [6, 6.07) is 0.0629. The number of fused-ring (bicyclic) bond motifs is 2. The van der Waals surface area contributed by atoms with Crippen molar-refractivity contribution in [2.75, 3.05) is 13.7 Å². The van der Waals surface area contributed by atoms with Gasteiger partial charge in [0.05, 0.1) is 5.60 Å².